The fourth-order valence-corrected chi connectivity index (χ4v) is 2.54. The zero-order chi connectivity index (χ0) is 15.0. The number of nitrogens with one attached hydrogen (secondary N) is 1. The van der Waals surface area contributed by atoms with Gasteiger partial charge in [0.15, 0.2) is 0 Å². The lowest BCUT2D eigenvalue weighted by Gasteiger charge is -2.29. The van der Waals surface area contributed by atoms with Gasteiger partial charge in [-0.25, -0.2) is 0 Å². The Balaban J connectivity index is 2.17. The molecule has 1 N–H and O–H groups in total. The van der Waals surface area contributed by atoms with E-state index in [1.54, 1.807) is 6.07 Å². The summed E-state index contributed by atoms with van der Waals surface area (Å²) in [4.78, 5) is 28.4. The number of carbonyl (C=O) groups excluding carboxylic acids is 1. The van der Waals surface area contributed by atoms with E-state index in [1.807, 2.05) is 17.9 Å². The van der Waals surface area contributed by atoms with Crippen molar-refractivity contribution in [1.82, 2.24) is 10.3 Å². The molecule has 2 aromatic rings. The summed E-state index contributed by atoms with van der Waals surface area (Å²) in [5, 5.41) is 14.4. The first-order valence-electron chi connectivity index (χ1n) is 6.62. The van der Waals surface area contributed by atoms with Crippen LogP contribution in [0.25, 0.3) is 10.9 Å². The second-order valence-electron chi connectivity index (χ2n) is 5.01. The van der Waals surface area contributed by atoms with Crippen LogP contribution >= 0.6 is 0 Å². The Hall–Kier alpha value is -2.70. The molecule has 1 aliphatic heterocycles. The van der Waals surface area contributed by atoms with Gasteiger partial charge in [0.25, 0.3) is 5.69 Å². The molecule has 1 saturated heterocycles. The lowest BCUT2D eigenvalue weighted by molar-refractivity contribution is -0.384. The van der Waals surface area contributed by atoms with Gasteiger partial charge in [0.05, 0.1) is 17.0 Å². The Morgan fingerprint density at radius 3 is 2.90 bits per heavy atom. The van der Waals surface area contributed by atoms with E-state index in [0.717, 1.165) is 11.4 Å². The molecule has 1 aromatic carbocycles. The molecule has 0 unspecified atom stereocenters. The van der Waals surface area contributed by atoms with Crippen LogP contribution < -0.4 is 10.2 Å². The SMILES string of the molecule is Cc1cc(N2CCNC(=O)C2)c2cc([N+](=O)[O-])ccc2n1. The van der Waals surface area contributed by atoms with Crippen molar-refractivity contribution in [2.45, 2.75) is 6.92 Å². The van der Waals surface area contributed by atoms with Crippen LogP contribution in [0.3, 0.4) is 0 Å². The summed E-state index contributed by atoms with van der Waals surface area (Å²) in [5.74, 6) is -0.0469. The molecule has 7 nitrogen and oxygen atoms in total. The molecule has 2 heterocycles. The number of fused-ring (bicyclic) bond motifs is 1. The van der Waals surface area contributed by atoms with Gasteiger partial charge in [0.2, 0.25) is 5.91 Å². The predicted molar refractivity (Wildman–Crippen MR) is 78.4 cm³/mol. The van der Waals surface area contributed by atoms with E-state index < -0.39 is 4.92 Å². The van der Waals surface area contributed by atoms with Gasteiger partial charge in [-0.05, 0) is 19.1 Å². The number of amides is 1. The topological polar surface area (TPSA) is 88.4 Å². The highest BCUT2D eigenvalue weighted by Gasteiger charge is 2.20. The summed E-state index contributed by atoms with van der Waals surface area (Å²) in [7, 11) is 0. The number of hydrogen-bond donors (Lipinski definition) is 1. The maximum atomic E-state index is 11.6. The number of aryl methyl sites for hydroxylation is 1. The number of benzene rings is 1. The third-order valence-electron chi connectivity index (χ3n) is 3.49. The number of aromatic nitrogens is 1. The highest BCUT2D eigenvalue weighted by atomic mass is 16.6. The molecule has 108 valence electrons. The zero-order valence-corrected chi connectivity index (χ0v) is 11.5. The molecule has 0 saturated carbocycles. The van der Waals surface area contributed by atoms with Gasteiger partial charge in [0, 0.05) is 42.0 Å². The first-order valence-corrected chi connectivity index (χ1v) is 6.62. The lowest BCUT2D eigenvalue weighted by Crippen LogP contribution is -2.47. The van der Waals surface area contributed by atoms with Gasteiger partial charge in [-0.1, -0.05) is 0 Å². The average Bonchev–Trinajstić information content (AvgIpc) is 2.45. The number of hydrogen-bond acceptors (Lipinski definition) is 5. The number of pyridine rings is 1. The van der Waals surface area contributed by atoms with Crippen LogP contribution in [0.4, 0.5) is 11.4 Å². The summed E-state index contributed by atoms with van der Waals surface area (Å²) in [6.07, 6.45) is 0. The standard InChI is InChI=1S/C14H14N4O3/c1-9-6-13(17-5-4-15-14(19)8-17)11-7-10(18(20)21)2-3-12(11)16-9/h2-3,6-7H,4-5,8H2,1H3,(H,15,19). The molecule has 0 radical (unpaired) electrons. The normalized spacial score (nSPS) is 15.1. The Bertz CT molecular complexity index is 744. The minimum absolute atomic E-state index is 0.0239. The smallest absolute Gasteiger partial charge is 0.270 e. The van der Waals surface area contributed by atoms with Crippen LogP contribution in [0.2, 0.25) is 0 Å². The molecule has 3 rings (SSSR count). The second kappa shape index (κ2) is 5.01. The maximum absolute atomic E-state index is 11.6. The Morgan fingerprint density at radius 1 is 1.38 bits per heavy atom. The summed E-state index contributed by atoms with van der Waals surface area (Å²) in [6, 6.07) is 6.48. The van der Waals surface area contributed by atoms with Crippen molar-refractivity contribution in [3.05, 3.63) is 40.1 Å². The molecule has 0 spiro atoms. The molecule has 0 bridgehead atoms. The molecule has 0 aliphatic carbocycles. The highest BCUT2D eigenvalue weighted by Crippen LogP contribution is 2.30. The number of non-ortho nitro benzene ring substituents is 1. The van der Waals surface area contributed by atoms with E-state index in [-0.39, 0.29) is 18.1 Å². The Labute approximate surface area is 120 Å². The number of piperazine rings is 1. The van der Waals surface area contributed by atoms with Gasteiger partial charge in [0.1, 0.15) is 0 Å². The average molecular weight is 286 g/mol. The van der Waals surface area contributed by atoms with Crippen LogP contribution in [-0.4, -0.2) is 35.4 Å². The number of anilines is 1. The van der Waals surface area contributed by atoms with E-state index in [9.17, 15) is 14.9 Å². The van der Waals surface area contributed by atoms with Gasteiger partial charge in [-0.2, -0.15) is 0 Å². The second-order valence-corrected chi connectivity index (χ2v) is 5.01. The van der Waals surface area contributed by atoms with Crippen molar-refractivity contribution in [1.29, 1.82) is 0 Å². The summed E-state index contributed by atoms with van der Waals surface area (Å²) in [5.41, 5.74) is 2.35. The van der Waals surface area contributed by atoms with Crippen molar-refractivity contribution < 1.29 is 9.72 Å². The van der Waals surface area contributed by atoms with Gasteiger partial charge in [-0.3, -0.25) is 19.9 Å². The van der Waals surface area contributed by atoms with Crippen LogP contribution in [0.1, 0.15) is 5.69 Å². The first kappa shape index (κ1) is 13.3. The molecule has 1 aliphatic rings. The van der Waals surface area contributed by atoms with E-state index >= 15 is 0 Å². The van der Waals surface area contributed by atoms with Crippen molar-refractivity contribution in [3.8, 4) is 0 Å². The number of rotatable bonds is 2. The number of carbonyl (C=O) groups is 1. The number of nitro benzene ring substituents is 1. The third kappa shape index (κ3) is 2.49. The van der Waals surface area contributed by atoms with Crippen LogP contribution in [0.15, 0.2) is 24.3 Å². The minimum Gasteiger partial charge on any atom is -0.360 e. The van der Waals surface area contributed by atoms with Crippen molar-refractivity contribution >= 4 is 28.2 Å². The van der Waals surface area contributed by atoms with Crippen LogP contribution in [0.5, 0.6) is 0 Å². The Morgan fingerprint density at radius 2 is 2.19 bits per heavy atom. The Kier molecular flexibility index (Phi) is 3.17. The third-order valence-corrected chi connectivity index (χ3v) is 3.49. The molecule has 0 atom stereocenters. The highest BCUT2D eigenvalue weighted by molar-refractivity contribution is 5.95. The van der Waals surface area contributed by atoms with Gasteiger partial charge < -0.3 is 10.2 Å². The number of nitrogens with zero attached hydrogens (tertiary/aromatic N) is 3. The zero-order valence-electron chi connectivity index (χ0n) is 11.5. The van der Waals surface area contributed by atoms with E-state index in [2.05, 4.69) is 10.3 Å². The van der Waals surface area contributed by atoms with Crippen molar-refractivity contribution in [2.75, 3.05) is 24.5 Å². The molecule has 1 aromatic heterocycles. The quantitative estimate of drug-likeness (QED) is 0.665. The van der Waals surface area contributed by atoms with E-state index in [0.29, 0.717) is 24.0 Å². The van der Waals surface area contributed by atoms with E-state index in [1.165, 1.54) is 12.1 Å². The fourth-order valence-electron chi connectivity index (χ4n) is 2.54. The van der Waals surface area contributed by atoms with Crippen LogP contribution in [-0.2, 0) is 4.79 Å². The lowest BCUT2D eigenvalue weighted by atomic mass is 10.1. The van der Waals surface area contributed by atoms with Crippen LogP contribution in [0, 0.1) is 17.0 Å². The molecular formula is C14H14N4O3. The van der Waals surface area contributed by atoms with Gasteiger partial charge in [-0.15, -0.1) is 0 Å². The van der Waals surface area contributed by atoms with E-state index in [4.69, 9.17) is 0 Å². The molecular weight excluding hydrogens is 272 g/mol. The molecule has 1 amide bonds. The minimum atomic E-state index is -0.425. The van der Waals surface area contributed by atoms with Gasteiger partial charge >= 0.3 is 0 Å². The molecule has 1 fully saturated rings. The van der Waals surface area contributed by atoms with Crippen molar-refractivity contribution in [3.63, 3.8) is 0 Å². The maximum Gasteiger partial charge on any atom is 0.270 e. The summed E-state index contributed by atoms with van der Waals surface area (Å²) in [6.45, 7) is 3.36. The summed E-state index contributed by atoms with van der Waals surface area (Å²) < 4.78 is 0. The monoisotopic (exact) mass is 286 g/mol. The largest absolute Gasteiger partial charge is 0.360 e. The fraction of sp³-hybridized carbons (Fsp3) is 0.286. The summed E-state index contributed by atoms with van der Waals surface area (Å²) >= 11 is 0. The van der Waals surface area contributed by atoms with Crippen molar-refractivity contribution in [2.24, 2.45) is 0 Å². The molecule has 7 heteroatoms. The predicted octanol–water partition coefficient (Wildman–Crippen LogP) is 1.39. The molecule has 21 heavy (non-hydrogen) atoms. The first-order chi connectivity index (χ1) is 10.0. The number of nitro groups is 1.